The third-order valence-corrected chi connectivity index (χ3v) is 6.23. The fourth-order valence-corrected chi connectivity index (χ4v) is 4.38. The van der Waals surface area contributed by atoms with Crippen LogP contribution in [0.3, 0.4) is 0 Å². The quantitative estimate of drug-likeness (QED) is 0.470. The van der Waals surface area contributed by atoms with Crippen molar-refractivity contribution in [3.05, 3.63) is 89.7 Å². The molecule has 0 aliphatic carbocycles. The normalized spacial score (nSPS) is 14.7. The summed E-state index contributed by atoms with van der Waals surface area (Å²) in [5.74, 6) is 0. The molecule has 0 unspecified atom stereocenters. The topological polar surface area (TPSA) is 62.2 Å². The summed E-state index contributed by atoms with van der Waals surface area (Å²) in [5.41, 5.74) is 5.53. The van der Waals surface area contributed by atoms with Crippen LogP contribution in [-0.2, 0) is 6.54 Å². The number of fused-ring (bicyclic) bond motifs is 1. The van der Waals surface area contributed by atoms with E-state index in [2.05, 4.69) is 79.1 Å². The largest absolute Gasteiger partial charge is 0.336 e. The molecule has 0 radical (unpaired) electrons. The van der Waals surface area contributed by atoms with Crippen LogP contribution in [0.15, 0.2) is 72.9 Å². The van der Waals surface area contributed by atoms with Gasteiger partial charge in [-0.15, -0.1) is 0 Å². The summed E-state index contributed by atoms with van der Waals surface area (Å²) in [5, 5.41) is 13.6. The minimum Gasteiger partial charge on any atom is -0.336 e. The Hall–Kier alpha value is -3.64. The minimum atomic E-state index is -0.0248. The number of nitrogens with one attached hydrogen (secondary N) is 2. The van der Waals surface area contributed by atoms with Gasteiger partial charge in [0.25, 0.3) is 0 Å². The highest BCUT2D eigenvalue weighted by Gasteiger charge is 2.21. The molecule has 2 N–H and O–H groups in total. The van der Waals surface area contributed by atoms with E-state index < -0.39 is 0 Å². The molecule has 6 heteroatoms. The summed E-state index contributed by atoms with van der Waals surface area (Å²) in [4.78, 5) is 13.6. The fourth-order valence-electron chi connectivity index (χ4n) is 4.38. The lowest BCUT2D eigenvalue weighted by atomic mass is 10.1. The first kappa shape index (κ1) is 20.3. The highest BCUT2D eigenvalue weighted by atomic mass is 16.2. The van der Waals surface area contributed by atoms with Gasteiger partial charge < -0.3 is 10.6 Å². The van der Waals surface area contributed by atoms with Crippen molar-refractivity contribution in [2.45, 2.75) is 26.4 Å². The van der Waals surface area contributed by atoms with Gasteiger partial charge in [0, 0.05) is 48.0 Å². The van der Waals surface area contributed by atoms with Crippen molar-refractivity contribution >= 4 is 22.5 Å². The molecule has 4 aromatic rings. The summed E-state index contributed by atoms with van der Waals surface area (Å²) in [6, 6.07) is 23.0. The lowest BCUT2D eigenvalue weighted by Gasteiger charge is -2.16. The molecule has 162 valence electrons. The number of nitrogens with zero attached hydrogens (tertiary/aromatic N) is 3. The summed E-state index contributed by atoms with van der Waals surface area (Å²) in [6.45, 7) is 6.45. The molecular formula is C26H27N5O. The van der Waals surface area contributed by atoms with Gasteiger partial charge in [-0.1, -0.05) is 48.5 Å². The van der Waals surface area contributed by atoms with Crippen molar-refractivity contribution in [1.29, 1.82) is 0 Å². The van der Waals surface area contributed by atoms with Gasteiger partial charge in [-0.2, -0.15) is 5.10 Å². The maximum atomic E-state index is 11.8. The standard InChI is InChI=1S/C26H27N5O/c1-18(28-16-20-10-12-22(13-11-20)30-15-14-27-26(30)32)24-17-29-31(19(24)2)25-9-5-7-21-6-3-4-8-23(21)25/h3-13,17-18,28H,14-16H2,1-2H3,(H,27,32)/t18-/m0/s1. The molecule has 0 spiro atoms. The van der Waals surface area contributed by atoms with Crippen LogP contribution >= 0.6 is 0 Å². The van der Waals surface area contributed by atoms with Crippen LogP contribution in [0.5, 0.6) is 0 Å². The second-order valence-electron chi connectivity index (χ2n) is 8.25. The molecule has 6 nitrogen and oxygen atoms in total. The number of benzene rings is 3. The first-order valence-electron chi connectivity index (χ1n) is 11.0. The van der Waals surface area contributed by atoms with E-state index in [1.807, 2.05) is 23.0 Å². The molecule has 0 saturated carbocycles. The van der Waals surface area contributed by atoms with Crippen molar-refractivity contribution in [3.63, 3.8) is 0 Å². The van der Waals surface area contributed by atoms with Gasteiger partial charge in [0.05, 0.1) is 11.9 Å². The lowest BCUT2D eigenvalue weighted by Crippen LogP contribution is -2.27. The molecule has 2 amide bonds. The molecule has 1 saturated heterocycles. The summed E-state index contributed by atoms with van der Waals surface area (Å²) >= 11 is 0. The SMILES string of the molecule is Cc1c([C@H](C)NCc2ccc(N3CCNC3=O)cc2)cnn1-c1cccc2ccccc12. The number of aromatic nitrogens is 2. The van der Waals surface area contributed by atoms with Crippen molar-refractivity contribution in [1.82, 2.24) is 20.4 Å². The zero-order valence-electron chi connectivity index (χ0n) is 18.4. The van der Waals surface area contributed by atoms with Crippen LogP contribution < -0.4 is 15.5 Å². The van der Waals surface area contributed by atoms with Gasteiger partial charge in [0.2, 0.25) is 0 Å². The predicted octanol–water partition coefficient (Wildman–Crippen LogP) is 4.71. The Balaban J connectivity index is 1.30. The first-order chi connectivity index (χ1) is 15.6. The molecule has 1 aromatic heterocycles. The van der Waals surface area contributed by atoms with Crippen LogP contribution in [0.25, 0.3) is 16.5 Å². The molecule has 0 bridgehead atoms. The van der Waals surface area contributed by atoms with E-state index in [1.165, 1.54) is 21.9 Å². The van der Waals surface area contributed by atoms with E-state index in [1.54, 1.807) is 4.90 Å². The van der Waals surface area contributed by atoms with Crippen molar-refractivity contribution in [2.24, 2.45) is 0 Å². The molecule has 2 heterocycles. The smallest absolute Gasteiger partial charge is 0.321 e. The molecule has 1 atom stereocenters. The van der Waals surface area contributed by atoms with Gasteiger partial charge in [0.15, 0.2) is 0 Å². The third-order valence-electron chi connectivity index (χ3n) is 6.23. The van der Waals surface area contributed by atoms with Gasteiger partial charge in [-0.25, -0.2) is 9.48 Å². The van der Waals surface area contributed by atoms with E-state index in [-0.39, 0.29) is 12.1 Å². The van der Waals surface area contributed by atoms with Crippen molar-refractivity contribution < 1.29 is 4.79 Å². The first-order valence-corrected chi connectivity index (χ1v) is 11.0. The van der Waals surface area contributed by atoms with E-state index in [0.717, 1.165) is 23.6 Å². The van der Waals surface area contributed by atoms with Crippen LogP contribution in [-0.4, -0.2) is 28.9 Å². The van der Waals surface area contributed by atoms with Crippen LogP contribution in [0.2, 0.25) is 0 Å². The van der Waals surface area contributed by atoms with Crippen LogP contribution in [0, 0.1) is 6.92 Å². The number of hydrogen-bond donors (Lipinski definition) is 2. The third kappa shape index (κ3) is 3.74. The Kier molecular flexibility index (Phi) is 5.37. The summed E-state index contributed by atoms with van der Waals surface area (Å²) in [7, 11) is 0. The molecular weight excluding hydrogens is 398 g/mol. The molecule has 1 fully saturated rings. The Labute approximate surface area is 187 Å². The highest BCUT2D eigenvalue weighted by molar-refractivity contribution is 5.94. The van der Waals surface area contributed by atoms with Gasteiger partial charge >= 0.3 is 6.03 Å². The number of carbonyl (C=O) groups is 1. The Morgan fingerprint density at radius 3 is 2.62 bits per heavy atom. The molecule has 1 aliphatic rings. The number of carbonyl (C=O) groups excluding carboxylic acids is 1. The Morgan fingerprint density at radius 2 is 1.84 bits per heavy atom. The minimum absolute atomic E-state index is 0.0248. The van der Waals surface area contributed by atoms with Gasteiger partial charge in [-0.05, 0) is 43.0 Å². The second-order valence-corrected chi connectivity index (χ2v) is 8.25. The number of rotatable bonds is 6. The number of amides is 2. The number of hydrogen-bond acceptors (Lipinski definition) is 3. The molecule has 5 rings (SSSR count). The predicted molar refractivity (Wildman–Crippen MR) is 128 cm³/mol. The molecule has 32 heavy (non-hydrogen) atoms. The second kappa shape index (κ2) is 8.48. The highest BCUT2D eigenvalue weighted by Crippen LogP contribution is 2.26. The summed E-state index contributed by atoms with van der Waals surface area (Å²) < 4.78 is 2.03. The fraction of sp³-hybridized carbons (Fsp3) is 0.231. The van der Waals surface area contributed by atoms with Crippen LogP contribution in [0.1, 0.15) is 29.8 Å². The van der Waals surface area contributed by atoms with E-state index in [0.29, 0.717) is 13.1 Å². The number of anilines is 1. The average molecular weight is 426 g/mol. The monoisotopic (exact) mass is 425 g/mol. The van der Waals surface area contributed by atoms with Crippen LogP contribution in [0.4, 0.5) is 10.5 Å². The van der Waals surface area contributed by atoms with Gasteiger partial charge in [0.1, 0.15) is 0 Å². The van der Waals surface area contributed by atoms with E-state index in [9.17, 15) is 4.79 Å². The van der Waals surface area contributed by atoms with E-state index >= 15 is 0 Å². The Morgan fingerprint density at radius 1 is 1.06 bits per heavy atom. The molecule has 3 aromatic carbocycles. The zero-order valence-corrected chi connectivity index (χ0v) is 18.4. The number of urea groups is 1. The molecule has 1 aliphatic heterocycles. The zero-order chi connectivity index (χ0) is 22.1. The van der Waals surface area contributed by atoms with Gasteiger partial charge in [-0.3, -0.25) is 4.90 Å². The van der Waals surface area contributed by atoms with Crippen molar-refractivity contribution in [2.75, 3.05) is 18.0 Å². The summed E-state index contributed by atoms with van der Waals surface area (Å²) in [6.07, 6.45) is 1.96. The Bertz CT molecular complexity index is 1260. The maximum Gasteiger partial charge on any atom is 0.321 e. The van der Waals surface area contributed by atoms with E-state index in [4.69, 9.17) is 5.10 Å². The lowest BCUT2D eigenvalue weighted by molar-refractivity contribution is 0.252. The average Bonchev–Trinajstić information content (AvgIpc) is 3.43. The maximum absolute atomic E-state index is 11.8. The van der Waals surface area contributed by atoms with Crippen molar-refractivity contribution in [3.8, 4) is 5.69 Å².